The van der Waals surface area contributed by atoms with Gasteiger partial charge in [0, 0.05) is 51.4 Å². The number of methoxy groups -OCH3 is 1. The van der Waals surface area contributed by atoms with Gasteiger partial charge >= 0.3 is 12.1 Å². The van der Waals surface area contributed by atoms with Crippen molar-refractivity contribution < 1.29 is 49.3 Å². The van der Waals surface area contributed by atoms with Gasteiger partial charge in [-0.05, 0) is 61.1 Å². The Morgan fingerprint density at radius 3 is 2.24 bits per heavy atom. The van der Waals surface area contributed by atoms with Crippen molar-refractivity contribution in [3.63, 3.8) is 0 Å². The number of aliphatic hydroxyl groups is 5. The lowest BCUT2D eigenvalue weighted by atomic mass is 9.98. The van der Waals surface area contributed by atoms with Crippen LogP contribution < -0.4 is 14.8 Å². The zero-order valence-electron chi connectivity index (χ0n) is 25.8. The number of ether oxygens (including phenoxy) is 3. The summed E-state index contributed by atoms with van der Waals surface area (Å²) in [6.07, 6.45) is -4.55. The van der Waals surface area contributed by atoms with E-state index in [2.05, 4.69) is 16.3 Å². The SMILES string of the molecule is CCOc1cc(C(=O)OC)c(C2CC2)cc1CN1CCN(C(=O)Oc2ccc(CNC[C@H](O)[C@@H](O)[C@H](O)[C@H](O)CO)cc2)CC1. The van der Waals surface area contributed by atoms with Crippen molar-refractivity contribution in [1.82, 2.24) is 15.1 Å². The molecule has 1 aliphatic heterocycles. The molecule has 13 nitrogen and oxygen atoms in total. The molecule has 2 aromatic rings. The van der Waals surface area contributed by atoms with E-state index in [1.807, 2.05) is 6.92 Å². The summed E-state index contributed by atoms with van der Waals surface area (Å²) in [6.45, 7) is 4.85. The van der Waals surface area contributed by atoms with E-state index in [0.29, 0.717) is 68.9 Å². The molecule has 1 heterocycles. The molecule has 1 saturated carbocycles. The molecule has 0 unspecified atom stereocenters. The summed E-state index contributed by atoms with van der Waals surface area (Å²) in [6, 6.07) is 10.7. The summed E-state index contributed by atoms with van der Waals surface area (Å²) < 4.78 is 16.5. The van der Waals surface area contributed by atoms with E-state index >= 15 is 0 Å². The smallest absolute Gasteiger partial charge is 0.415 e. The molecule has 6 N–H and O–H groups in total. The van der Waals surface area contributed by atoms with Crippen LogP contribution in [0.3, 0.4) is 0 Å². The largest absolute Gasteiger partial charge is 0.494 e. The van der Waals surface area contributed by atoms with Crippen LogP contribution in [0, 0.1) is 0 Å². The number of amides is 1. The minimum absolute atomic E-state index is 0.0630. The number of piperazine rings is 1. The van der Waals surface area contributed by atoms with Crippen LogP contribution in [0.2, 0.25) is 0 Å². The number of nitrogens with zero attached hydrogens (tertiary/aromatic N) is 2. The van der Waals surface area contributed by atoms with Crippen LogP contribution in [0.1, 0.15) is 52.7 Å². The molecule has 45 heavy (non-hydrogen) atoms. The Balaban J connectivity index is 1.24. The van der Waals surface area contributed by atoms with Crippen molar-refractivity contribution in [2.75, 3.05) is 53.0 Å². The monoisotopic (exact) mass is 631 g/mol. The average Bonchev–Trinajstić information content (AvgIpc) is 3.90. The molecule has 13 heteroatoms. The van der Waals surface area contributed by atoms with Gasteiger partial charge in [0.05, 0.1) is 32.0 Å². The molecular formula is C32H45N3O10. The third-order valence-corrected chi connectivity index (χ3v) is 8.12. The maximum Gasteiger partial charge on any atom is 0.415 e. The second-order valence-corrected chi connectivity index (χ2v) is 11.5. The van der Waals surface area contributed by atoms with Crippen LogP contribution in [0.25, 0.3) is 0 Å². The second kappa shape index (κ2) is 16.3. The fourth-order valence-corrected chi connectivity index (χ4v) is 5.29. The van der Waals surface area contributed by atoms with Crippen molar-refractivity contribution >= 4 is 12.1 Å². The number of aliphatic hydroxyl groups excluding tert-OH is 5. The molecule has 4 atom stereocenters. The van der Waals surface area contributed by atoms with Gasteiger partial charge in [0.15, 0.2) is 0 Å². The zero-order chi connectivity index (χ0) is 32.5. The Kier molecular flexibility index (Phi) is 12.5. The van der Waals surface area contributed by atoms with Crippen LogP contribution in [0.5, 0.6) is 11.5 Å². The Hall–Kier alpha value is -3.30. The lowest BCUT2D eigenvalue weighted by Crippen LogP contribution is -2.49. The molecule has 1 saturated heterocycles. The Morgan fingerprint density at radius 1 is 0.978 bits per heavy atom. The predicted molar refractivity (Wildman–Crippen MR) is 163 cm³/mol. The Labute approximate surface area is 262 Å². The zero-order valence-corrected chi connectivity index (χ0v) is 25.8. The van der Waals surface area contributed by atoms with Crippen molar-refractivity contribution in [1.29, 1.82) is 0 Å². The fraction of sp³-hybridized carbons (Fsp3) is 0.562. The van der Waals surface area contributed by atoms with Crippen molar-refractivity contribution in [3.05, 3.63) is 58.7 Å². The molecule has 0 spiro atoms. The van der Waals surface area contributed by atoms with Crippen molar-refractivity contribution in [3.8, 4) is 11.5 Å². The first kappa shape index (κ1) is 34.6. The molecule has 2 aromatic carbocycles. The molecule has 0 aromatic heterocycles. The van der Waals surface area contributed by atoms with E-state index < -0.39 is 37.1 Å². The van der Waals surface area contributed by atoms with E-state index in [0.717, 1.165) is 29.5 Å². The van der Waals surface area contributed by atoms with Gasteiger partial charge in [-0.25, -0.2) is 9.59 Å². The van der Waals surface area contributed by atoms with Crippen LogP contribution in [-0.4, -0.2) is 125 Å². The van der Waals surface area contributed by atoms with Crippen molar-refractivity contribution in [2.24, 2.45) is 0 Å². The number of hydrogen-bond donors (Lipinski definition) is 6. The quantitative estimate of drug-likeness (QED) is 0.151. The van der Waals surface area contributed by atoms with Gasteiger partial charge in [0.2, 0.25) is 0 Å². The highest BCUT2D eigenvalue weighted by Crippen LogP contribution is 2.44. The number of rotatable bonds is 15. The second-order valence-electron chi connectivity index (χ2n) is 11.5. The van der Waals surface area contributed by atoms with Gasteiger partial charge in [0.1, 0.15) is 29.8 Å². The topological polar surface area (TPSA) is 181 Å². The molecule has 2 fully saturated rings. The highest BCUT2D eigenvalue weighted by atomic mass is 16.6. The van der Waals surface area contributed by atoms with E-state index in [9.17, 15) is 30.0 Å². The fourth-order valence-electron chi connectivity index (χ4n) is 5.29. The summed E-state index contributed by atoms with van der Waals surface area (Å²) in [4.78, 5) is 29.2. The van der Waals surface area contributed by atoms with Gasteiger partial charge in [0.25, 0.3) is 0 Å². The van der Waals surface area contributed by atoms with Crippen molar-refractivity contribution in [2.45, 2.75) is 63.2 Å². The lowest BCUT2D eigenvalue weighted by molar-refractivity contribution is -0.114. The van der Waals surface area contributed by atoms with E-state index in [4.69, 9.17) is 19.3 Å². The normalized spacial score (nSPS) is 18.2. The molecule has 4 rings (SSSR count). The summed E-state index contributed by atoms with van der Waals surface area (Å²) in [7, 11) is 1.39. The van der Waals surface area contributed by atoms with Gasteiger partial charge in [-0.2, -0.15) is 0 Å². The molecule has 2 aliphatic rings. The highest BCUT2D eigenvalue weighted by Gasteiger charge is 2.32. The summed E-state index contributed by atoms with van der Waals surface area (Å²) in [5, 5.41) is 50.9. The van der Waals surface area contributed by atoms with Gasteiger partial charge in [-0.3, -0.25) is 4.90 Å². The number of nitrogens with one attached hydrogen (secondary N) is 1. The molecule has 0 radical (unpaired) electrons. The van der Waals surface area contributed by atoms with E-state index in [1.54, 1.807) is 35.2 Å². The summed E-state index contributed by atoms with van der Waals surface area (Å²) in [5.41, 5.74) is 3.42. The number of carbonyl (C=O) groups excluding carboxylic acids is 2. The molecule has 248 valence electrons. The minimum Gasteiger partial charge on any atom is -0.494 e. The lowest BCUT2D eigenvalue weighted by Gasteiger charge is -2.34. The van der Waals surface area contributed by atoms with Gasteiger partial charge < -0.3 is 50.0 Å². The van der Waals surface area contributed by atoms with Crippen LogP contribution in [0.4, 0.5) is 4.79 Å². The first-order chi connectivity index (χ1) is 21.6. The van der Waals surface area contributed by atoms with Gasteiger partial charge in [-0.1, -0.05) is 12.1 Å². The maximum absolute atomic E-state index is 12.9. The Bertz CT molecular complexity index is 1260. The third-order valence-electron chi connectivity index (χ3n) is 8.12. The Morgan fingerprint density at radius 2 is 1.64 bits per heavy atom. The van der Waals surface area contributed by atoms with Crippen LogP contribution in [-0.2, 0) is 17.8 Å². The third kappa shape index (κ3) is 9.36. The van der Waals surface area contributed by atoms with Crippen LogP contribution in [0.15, 0.2) is 36.4 Å². The number of benzene rings is 2. The average molecular weight is 632 g/mol. The minimum atomic E-state index is -1.68. The first-order valence-corrected chi connectivity index (χ1v) is 15.3. The molecular weight excluding hydrogens is 586 g/mol. The highest BCUT2D eigenvalue weighted by molar-refractivity contribution is 5.92. The number of carbonyl (C=O) groups is 2. The predicted octanol–water partition coefficient (Wildman–Crippen LogP) is 0.591. The van der Waals surface area contributed by atoms with E-state index in [1.165, 1.54) is 7.11 Å². The number of esters is 1. The first-order valence-electron chi connectivity index (χ1n) is 15.3. The molecule has 0 bridgehead atoms. The number of hydrogen-bond acceptors (Lipinski definition) is 12. The van der Waals surface area contributed by atoms with Crippen LogP contribution >= 0.6 is 0 Å². The standard InChI is InChI=1S/C32H45N3O10/c1-3-44-28-15-25(31(41)43-2)24(21-6-7-21)14-22(28)18-34-10-12-35(13-11-34)32(42)45-23-8-4-20(5-9-23)16-33-17-26(37)29(39)30(40)27(38)19-36/h4-5,8-9,14-15,21,26-27,29-30,33,36-40H,3,6-7,10-13,16-19H2,1-2H3/t26-,27+,29+,30+/m0/s1. The summed E-state index contributed by atoms with van der Waals surface area (Å²) in [5.74, 6) is 1.08. The van der Waals surface area contributed by atoms with Gasteiger partial charge in [-0.15, -0.1) is 0 Å². The summed E-state index contributed by atoms with van der Waals surface area (Å²) >= 11 is 0. The molecule has 1 aliphatic carbocycles. The maximum atomic E-state index is 12.9. The van der Waals surface area contributed by atoms with E-state index in [-0.39, 0.29) is 12.5 Å². The molecule has 1 amide bonds.